The second-order valence-corrected chi connectivity index (χ2v) is 8.63. The summed E-state index contributed by atoms with van der Waals surface area (Å²) in [6, 6.07) is 12.6. The highest BCUT2D eigenvalue weighted by molar-refractivity contribution is 5.83. The highest BCUT2D eigenvalue weighted by Gasteiger charge is 2.40. The summed E-state index contributed by atoms with van der Waals surface area (Å²) in [6.45, 7) is 4.31. The summed E-state index contributed by atoms with van der Waals surface area (Å²) >= 11 is 0. The normalized spacial score (nSPS) is 21.8. The summed E-state index contributed by atoms with van der Waals surface area (Å²) < 4.78 is 5.59. The Morgan fingerprint density at radius 2 is 1.83 bits per heavy atom. The van der Waals surface area contributed by atoms with Crippen LogP contribution in [0.15, 0.2) is 48.8 Å². The van der Waals surface area contributed by atoms with Gasteiger partial charge < -0.3 is 15.0 Å². The molecule has 1 aromatic heterocycles. The van der Waals surface area contributed by atoms with E-state index in [2.05, 4.69) is 46.5 Å². The minimum Gasteiger partial charge on any atom is -0.381 e. The van der Waals surface area contributed by atoms with Crippen molar-refractivity contribution in [3.05, 3.63) is 54.4 Å². The van der Waals surface area contributed by atoms with Crippen molar-refractivity contribution in [3.63, 3.8) is 0 Å². The molecule has 1 unspecified atom stereocenters. The van der Waals surface area contributed by atoms with Crippen LogP contribution in [0.25, 0.3) is 11.1 Å². The molecule has 2 fully saturated rings. The Hall–Kier alpha value is -2.24. The highest BCUT2D eigenvalue weighted by atomic mass is 16.5. The van der Waals surface area contributed by atoms with Gasteiger partial charge in [-0.15, -0.1) is 0 Å². The topological polar surface area (TPSA) is 54.5 Å². The fourth-order valence-corrected chi connectivity index (χ4v) is 4.61. The van der Waals surface area contributed by atoms with Crippen LogP contribution >= 0.6 is 0 Å². The number of pyridine rings is 1. The number of benzene rings is 1. The fraction of sp³-hybridized carbons (Fsp3) is 0.500. The molecular weight excluding hydrogens is 362 g/mol. The number of nitrogens with one attached hydrogen (secondary N) is 1. The first-order valence-electron chi connectivity index (χ1n) is 10.7. The lowest BCUT2D eigenvalue weighted by molar-refractivity contribution is -0.136. The fourth-order valence-electron chi connectivity index (χ4n) is 4.61. The second-order valence-electron chi connectivity index (χ2n) is 8.63. The Kier molecular flexibility index (Phi) is 6.26. The van der Waals surface area contributed by atoms with Gasteiger partial charge in [0.15, 0.2) is 0 Å². The third kappa shape index (κ3) is 4.85. The van der Waals surface area contributed by atoms with Crippen LogP contribution < -0.4 is 5.32 Å². The summed E-state index contributed by atoms with van der Waals surface area (Å²) in [5.74, 6) is 0.772. The van der Waals surface area contributed by atoms with Gasteiger partial charge in [0.05, 0.1) is 5.41 Å². The molecule has 2 aromatic rings. The van der Waals surface area contributed by atoms with Crippen LogP contribution in [0, 0.1) is 11.3 Å². The maximum atomic E-state index is 13.3. The van der Waals surface area contributed by atoms with Crippen LogP contribution in [0.5, 0.6) is 0 Å². The quantitative estimate of drug-likeness (QED) is 0.819. The van der Waals surface area contributed by atoms with E-state index in [4.69, 9.17) is 4.74 Å². The highest BCUT2D eigenvalue weighted by Crippen LogP contribution is 2.35. The maximum Gasteiger partial charge on any atom is 0.226 e. The summed E-state index contributed by atoms with van der Waals surface area (Å²) in [6.07, 6.45) is 7.14. The van der Waals surface area contributed by atoms with E-state index in [1.165, 1.54) is 17.5 Å². The zero-order valence-corrected chi connectivity index (χ0v) is 17.3. The average Bonchev–Trinajstić information content (AvgIpc) is 3.19. The predicted octanol–water partition coefficient (Wildman–Crippen LogP) is 3.16. The smallest absolute Gasteiger partial charge is 0.226 e. The van der Waals surface area contributed by atoms with Crippen LogP contribution in [0.3, 0.4) is 0 Å². The van der Waals surface area contributed by atoms with E-state index in [9.17, 15) is 4.79 Å². The molecule has 4 rings (SSSR count). The van der Waals surface area contributed by atoms with Crippen molar-refractivity contribution >= 4 is 5.91 Å². The van der Waals surface area contributed by atoms with Crippen molar-refractivity contribution in [2.45, 2.75) is 25.7 Å². The summed E-state index contributed by atoms with van der Waals surface area (Å²) in [5, 5.41) is 3.29. The summed E-state index contributed by atoms with van der Waals surface area (Å²) in [4.78, 5) is 19.7. The second kappa shape index (κ2) is 9.06. The zero-order valence-electron chi connectivity index (χ0n) is 17.3. The van der Waals surface area contributed by atoms with Gasteiger partial charge in [-0.1, -0.05) is 24.3 Å². The molecule has 0 aliphatic carbocycles. The van der Waals surface area contributed by atoms with E-state index >= 15 is 0 Å². The predicted molar refractivity (Wildman–Crippen MR) is 114 cm³/mol. The molecule has 1 amide bonds. The number of rotatable bonds is 6. The van der Waals surface area contributed by atoms with Gasteiger partial charge in [-0.25, -0.2) is 0 Å². The standard InChI is InChI=1S/C24H31N3O2/c1-27-13-8-20(18-27)17-26-23(28)24(9-14-29-15-10-24)16-19-2-4-21(5-3-19)22-6-11-25-12-7-22/h2-7,11-12,20H,8-10,13-18H2,1H3,(H,26,28). The van der Waals surface area contributed by atoms with Crippen LogP contribution in [0.4, 0.5) is 0 Å². The zero-order chi connectivity index (χ0) is 20.1. The van der Waals surface area contributed by atoms with Gasteiger partial charge in [-0.05, 0) is 74.0 Å². The number of carbonyl (C=O) groups excluding carboxylic acids is 1. The van der Waals surface area contributed by atoms with Crippen LogP contribution in [-0.4, -0.2) is 55.7 Å². The van der Waals surface area contributed by atoms with Crippen LogP contribution in [0.2, 0.25) is 0 Å². The molecule has 0 bridgehead atoms. The number of carbonyl (C=O) groups is 1. The molecule has 2 saturated heterocycles. The van der Waals surface area contributed by atoms with Crippen molar-refractivity contribution in [1.29, 1.82) is 0 Å². The first-order chi connectivity index (χ1) is 14.1. The molecule has 154 valence electrons. The minimum absolute atomic E-state index is 0.202. The number of ether oxygens (including phenoxy) is 1. The molecule has 1 aromatic carbocycles. The van der Waals surface area contributed by atoms with Crippen LogP contribution in [-0.2, 0) is 16.0 Å². The lowest BCUT2D eigenvalue weighted by Crippen LogP contribution is -2.47. The summed E-state index contributed by atoms with van der Waals surface area (Å²) in [7, 11) is 2.15. The summed E-state index contributed by atoms with van der Waals surface area (Å²) in [5.41, 5.74) is 3.18. The molecule has 0 radical (unpaired) electrons. The Balaban J connectivity index is 1.44. The molecule has 5 nitrogen and oxygen atoms in total. The Labute approximate surface area is 173 Å². The molecule has 0 saturated carbocycles. The lowest BCUT2D eigenvalue weighted by Gasteiger charge is -2.36. The molecule has 2 aliphatic heterocycles. The van der Waals surface area contributed by atoms with Crippen molar-refractivity contribution < 1.29 is 9.53 Å². The maximum absolute atomic E-state index is 13.3. The lowest BCUT2D eigenvalue weighted by atomic mass is 9.74. The number of aromatic nitrogens is 1. The van der Waals surface area contributed by atoms with E-state index in [0.29, 0.717) is 19.1 Å². The van der Waals surface area contributed by atoms with Crippen molar-refractivity contribution in [2.24, 2.45) is 11.3 Å². The molecule has 1 N–H and O–H groups in total. The van der Waals surface area contributed by atoms with E-state index < -0.39 is 0 Å². The SMILES string of the molecule is CN1CCC(CNC(=O)C2(Cc3ccc(-c4ccncc4)cc3)CCOCC2)C1. The molecule has 5 heteroatoms. The van der Waals surface area contributed by atoms with Gasteiger partial charge >= 0.3 is 0 Å². The average molecular weight is 394 g/mol. The molecule has 1 atom stereocenters. The van der Waals surface area contributed by atoms with Gasteiger partial charge in [-0.2, -0.15) is 0 Å². The van der Waals surface area contributed by atoms with Crippen LogP contribution in [0.1, 0.15) is 24.8 Å². The van der Waals surface area contributed by atoms with Gasteiger partial charge in [0.25, 0.3) is 0 Å². The number of nitrogens with zero attached hydrogens (tertiary/aromatic N) is 2. The Morgan fingerprint density at radius 3 is 2.48 bits per heavy atom. The largest absolute Gasteiger partial charge is 0.381 e. The van der Waals surface area contributed by atoms with Gasteiger partial charge in [0, 0.05) is 38.7 Å². The Morgan fingerprint density at radius 1 is 1.14 bits per heavy atom. The number of amides is 1. The number of hydrogen-bond acceptors (Lipinski definition) is 4. The van der Waals surface area contributed by atoms with Gasteiger partial charge in [0.2, 0.25) is 5.91 Å². The third-order valence-corrected chi connectivity index (χ3v) is 6.48. The van der Waals surface area contributed by atoms with E-state index in [0.717, 1.165) is 44.5 Å². The first kappa shape index (κ1) is 20.0. The van der Waals surface area contributed by atoms with Gasteiger partial charge in [0.1, 0.15) is 0 Å². The molecule has 29 heavy (non-hydrogen) atoms. The van der Waals surface area contributed by atoms with Crippen molar-refractivity contribution in [1.82, 2.24) is 15.2 Å². The van der Waals surface area contributed by atoms with Crippen molar-refractivity contribution in [3.8, 4) is 11.1 Å². The number of hydrogen-bond donors (Lipinski definition) is 1. The van der Waals surface area contributed by atoms with Gasteiger partial charge in [-0.3, -0.25) is 9.78 Å². The molecule has 3 heterocycles. The van der Waals surface area contributed by atoms with Crippen molar-refractivity contribution in [2.75, 3.05) is 39.9 Å². The monoisotopic (exact) mass is 393 g/mol. The van der Waals surface area contributed by atoms with E-state index in [1.807, 2.05) is 24.5 Å². The minimum atomic E-state index is -0.360. The molecular formula is C24H31N3O2. The number of likely N-dealkylation sites (tertiary alicyclic amines) is 1. The molecule has 2 aliphatic rings. The van der Waals surface area contributed by atoms with E-state index in [1.54, 1.807) is 0 Å². The first-order valence-corrected chi connectivity index (χ1v) is 10.7. The molecule has 0 spiro atoms. The third-order valence-electron chi connectivity index (χ3n) is 6.48. The Bertz CT molecular complexity index is 801. The van der Waals surface area contributed by atoms with E-state index in [-0.39, 0.29) is 11.3 Å².